The van der Waals surface area contributed by atoms with E-state index in [0.717, 1.165) is 10.9 Å². The Labute approximate surface area is 88.5 Å². The van der Waals surface area contributed by atoms with Gasteiger partial charge in [-0.2, -0.15) is 0 Å². The Morgan fingerprint density at radius 1 is 1.54 bits per heavy atom. The quantitative estimate of drug-likeness (QED) is 0.684. The second-order valence-electron chi connectivity index (χ2n) is 3.32. The van der Waals surface area contributed by atoms with Crippen molar-refractivity contribution in [1.82, 2.24) is 0 Å². The molecule has 0 aliphatic rings. The molecule has 1 unspecified atom stereocenters. The lowest BCUT2D eigenvalue weighted by Gasteiger charge is -2.09. The van der Waals surface area contributed by atoms with Crippen molar-refractivity contribution in [3.05, 3.63) is 33.8 Å². The number of benzene rings is 1. The molecule has 0 saturated carbocycles. The highest BCUT2D eigenvalue weighted by Crippen LogP contribution is 2.23. The third-order valence-corrected chi connectivity index (χ3v) is 3.06. The van der Waals surface area contributed by atoms with Gasteiger partial charge in [0.25, 0.3) is 0 Å². The summed E-state index contributed by atoms with van der Waals surface area (Å²) in [5.74, 6) is 3.14. The zero-order valence-electron chi connectivity index (χ0n) is 7.97. The first-order valence-corrected chi connectivity index (χ1v) is 5.14. The predicted octanol–water partition coefficient (Wildman–Crippen LogP) is 3.88. The zero-order chi connectivity index (χ0) is 9.84. The van der Waals surface area contributed by atoms with Crippen molar-refractivity contribution in [2.45, 2.75) is 26.2 Å². The van der Waals surface area contributed by atoms with E-state index in [2.05, 4.69) is 53.9 Å². The van der Waals surface area contributed by atoms with E-state index in [9.17, 15) is 0 Å². The first kappa shape index (κ1) is 10.3. The third kappa shape index (κ3) is 2.60. The second kappa shape index (κ2) is 4.48. The van der Waals surface area contributed by atoms with Gasteiger partial charge in [0.15, 0.2) is 0 Å². The van der Waals surface area contributed by atoms with Crippen LogP contribution in [0.4, 0.5) is 0 Å². The van der Waals surface area contributed by atoms with E-state index in [4.69, 9.17) is 6.42 Å². The van der Waals surface area contributed by atoms with E-state index >= 15 is 0 Å². The molecule has 0 heterocycles. The molecule has 0 radical (unpaired) electrons. The topological polar surface area (TPSA) is 0 Å². The van der Waals surface area contributed by atoms with Crippen LogP contribution in [0, 0.1) is 19.3 Å². The SMILES string of the molecule is C#CCC(C)c1ccc(Br)c(C)c1. The molecule has 1 aromatic carbocycles. The number of rotatable bonds is 2. The lowest BCUT2D eigenvalue weighted by Crippen LogP contribution is -1.92. The number of hydrogen-bond acceptors (Lipinski definition) is 0. The fraction of sp³-hybridized carbons (Fsp3) is 0.333. The summed E-state index contributed by atoms with van der Waals surface area (Å²) in [5.41, 5.74) is 2.58. The molecule has 1 heteroatoms. The van der Waals surface area contributed by atoms with Crippen LogP contribution in [0.25, 0.3) is 0 Å². The summed E-state index contributed by atoms with van der Waals surface area (Å²) < 4.78 is 1.16. The van der Waals surface area contributed by atoms with Gasteiger partial charge in [-0.15, -0.1) is 12.3 Å². The van der Waals surface area contributed by atoms with Crippen LogP contribution in [0.15, 0.2) is 22.7 Å². The number of aryl methyl sites for hydroxylation is 1. The van der Waals surface area contributed by atoms with Gasteiger partial charge in [0, 0.05) is 10.9 Å². The Balaban J connectivity index is 2.91. The van der Waals surface area contributed by atoms with Crippen molar-refractivity contribution in [3.63, 3.8) is 0 Å². The Kier molecular flexibility index (Phi) is 3.57. The van der Waals surface area contributed by atoms with Crippen molar-refractivity contribution >= 4 is 15.9 Å². The second-order valence-corrected chi connectivity index (χ2v) is 4.17. The Morgan fingerprint density at radius 3 is 2.77 bits per heavy atom. The fourth-order valence-electron chi connectivity index (χ4n) is 1.27. The van der Waals surface area contributed by atoms with E-state index < -0.39 is 0 Å². The van der Waals surface area contributed by atoms with Crippen molar-refractivity contribution in [1.29, 1.82) is 0 Å². The smallest absolute Gasteiger partial charge is 0.0204 e. The summed E-state index contributed by atoms with van der Waals surface area (Å²) in [6.45, 7) is 4.25. The summed E-state index contributed by atoms with van der Waals surface area (Å²) in [7, 11) is 0. The zero-order valence-corrected chi connectivity index (χ0v) is 9.56. The molecule has 0 N–H and O–H groups in total. The summed E-state index contributed by atoms with van der Waals surface area (Å²) in [5, 5.41) is 0. The van der Waals surface area contributed by atoms with E-state index in [1.807, 2.05) is 0 Å². The van der Waals surface area contributed by atoms with Crippen LogP contribution in [0.5, 0.6) is 0 Å². The van der Waals surface area contributed by atoms with Crippen LogP contribution >= 0.6 is 15.9 Å². The molecular weight excluding hydrogens is 224 g/mol. The van der Waals surface area contributed by atoms with Gasteiger partial charge in [0.1, 0.15) is 0 Å². The highest BCUT2D eigenvalue weighted by atomic mass is 79.9. The molecule has 0 saturated heterocycles. The highest BCUT2D eigenvalue weighted by molar-refractivity contribution is 9.10. The van der Waals surface area contributed by atoms with E-state index in [-0.39, 0.29) is 0 Å². The Bertz CT molecular complexity index is 333. The van der Waals surface area contributed by atoms with E-state index in [1.54, 1.807) is 0 Å². The van der Waals surface area contributed by atoms with Crippen molar-refractivity contribution in [2.24, 2.45) is 0 Å². The van der Waals surface area contributed by atoms with Crippen LogP contribution < -0.4 is 0 Å². The number of terminal acetylenes is 1. The average Bonchev–Trinajstić information content (AvgIpc) is 2.10. The van der Waals surface area contributed by atoms with Crippen LogP contribution in [-0.4, -0.2) is 0 Å². The first-order valence-electron chi connectivity index (χ1n) is 4.34. The molecule has 68 valence electrons. The van der Waals surface area contributed by atoms with Gasteiger partial charge in [-0.3, -0.25) is 0 Å². The van der Waals surface area contributed by atoms with Crippen LogP contribution in [0.1, 0.15) is 30.4 Å². The average molecular weight is 237 g/mol. The summed E-state index contributed by atoms with van der Waals surface area (Å²) in [4.78, 5) is 0. The molecule has 0 fully saturated rings. The van der Waals surface area contributed by atoms with Gasteiger partial charge >= 0.3 is 0 Å². The molecule has 0 amide bonds. The van der Waals surface area contributed by atoms with Crippen molar-refractivity contribution in [3.8, 4) is 12.3 Å². The molecule has 1 aromatic rings. The molecule has 0 aliphatic heterocycles. The van der Waals surface area contributed by atoms with Gasteiger partial charge in [0.05, 0.1) is 0 Å². The third-order valence-electron chi connectivity index (χ3n) is 2.18. The van der Waals surface area contributed by atoms with Gasteiger partial charge in [0.2, 0.25) is 0 Å². The normalized spacial score (nSPS) is 12.2. The summed E-state index contributed by atoms with van der Waals surface area (Å²) >= 11 is 3.48. The maximum atomic E-state index is 5.28. The molecule has 0 bridgehead atoms. The molecule has 1 atom stereocenters. The lowest BCUT2D eigenvalue weighted by molar-refractivity contribution is 0.795. The summed E-state index contributed by atoms with van der Waals surface area (Å²) in [6.07, 6.45) is 6.08. The predicted molar refractivity (Wildman–Crippen MR) is 60.7 cm³/mol. The van der Waals surface area contributed by atoms with Gasteiger partial charge < -0.3 is 0 Å². The molecule has 0 spiro atoms. The van der Waals surface area contributed by atoms with Crippen molar-refractivity contribution in [2.75, 3.05) is 0 Å². The first-order chi connectivity index (χ1) is 6.15. The molecular formula is C12H13Br. The summed E-state index contributed by atoms with van der Waals surface area (Å²) in [6, 6.07) is 6.39. The molecule has 0 aliphatic carbocycles. The van der Waals surface area contributed by atoms with E-state index in [0.29, 0.717) is 5.92 Å². The number of halogens is 1. The van der Waals surface area contributed by atoms with Crippen LogP contribution in [0.2, 0.25) is 0 Å². The highest BCUT2D eigenvalue weighted by Gasteiger charge is 2.04. The van der Waals surface area contributed by atoms with Gasteiger partial charge in [-0.1, -0.05) is 35.0 Å². The van der Waals surface area contributed by atoms with Gasteiger partial charge in [-0.05, 0) is 30.0 Å². The lowest BCUT2D eigenvalue weighted by atomic mass is 9.97. The standard InChI is InChI=1S/C12H13Br/c1-4-5-9(2)11-6-7-12(13)10(3)8-11/h1,6-9H,5H2,2-3H3. The largest absolute Gasteiger partial charge is 0.120 e. The number of hydrogen-bond donors (Lipinski definition) is 0. The van der Waals surface area contributed by atoms with Gasteiger partial charge in [-0.25, -0.2) is 0 Å². The van der Waals surface area contributed by atoms with Crippen LogP contribution in [0.3, 0.4) is 0 Å². The molecule has 13 heavy (non-hydrogen) atoms. The van der Waals surface area contributed by atoms with E-state index in [1.165, 1.54) is 11.1 Å². The monoisotopic (exact) mass is 236 g/mol. The minimum atomic E-state index is 0.455. The maximum Gasteiger partial charge on any atom is 0.0204 e. The maximum absolute atomic E-state index is 5.28. The Hall–Kier alpha value is -0.740. The fourth-order valence-corrected chi connectivity index (χ4v) is 1.52. The minimum absolute atomic E-state index is 0.455. The minimum Gasteiger partial charge on any atom is -0.120 e. The van der Waals surface area contributed by atoms with Crippen molar-refractivity contribution < 1.29 is 0 Å². The Morgan fingerprint density at radius 2 is 2.23 bits per heavy atom. The molecule has 1 rings (SSSR count). The molecule has 0 nitrogen and oxygen atoms in total. The van der Waals surface area contributed by atoms with Crippen LogP contribution in [-0.2, 0) is 0 Å². The molecule has 0 aromatic heterocycles.